The van der Waals surface area contributed by atoms with Crippen LogP contribution >= 0.6 is 0 Å². The van der Waals surface area contributed by atoms with Crippen LogP contribution in [0.5, 0.6) is 0 Å². The molecule has 20 heavy (non-hydrogen) atoms. The molecule has 0 amide bonds. The molecule has 1 rings (SSSR count). The summed E-state index contributed by atoms with van der Waals surface area (Å²) in [6.07, 6.45) is 6.55. The summed E-state index contributed by atoms with van der Waals surface area (Å²) in [6.45, 7) is 12.1. The van der Waals surface area contributed by atoms with Crippen LogP contribution in [0.4, 0.5) is 0 Å². The third-order valence-electron chi connectivity index (χ3n) is 5.43. The molecule has 3 heteroatoms. The van der Waals surface area contributed by atoms with Crippen LogP contribution in [0.2, 0.25) is 0 Å². The number of carbonyl (C=O) groups is 1. The van der Waals surface area contributed by atoms with Gasteiger partial charge in [-0.3, -0.25) is 9.69 Å². The van der Waals surface area contributed by atoms with Crippen molar-refractivity contribution in [2.24, 2.45) is 11.3 Å². The minimum atomic E-state index is -0.684. The monoisotopic (exact) mass is 283 g/mol. The van der Waals surface area contributed by atoms with Gasteiger partial charge in [0.25, 0.3) is 0 Å². The number of aliphatic carboxylic acids is 1. The van der Waals surface area contributed by atoms with Crippen molar-refractivity contribution in [2.75, 3.05) is 6.54 Å². The maximum absolute atomic E-state index is 10.8. The topological polar surface area (TPSA) is 40.5 Å². The molecule has 0 aromatic carbocycles. The van der Waals surface area contributed by atoms with E-state index in [9.17, 15) is 4.79 Å². The zero-order valence-electron chi connectivity index (χ0n) is 14.0. The molecule has 0 unspecified atom stereocenters. The molecule has 3 nitrogen and oxygen atoms in total. The summed E-state index contributed by atoms with van der Waals surface area (Å²) >= 11 is 0. The van der Waals surface area contributed by atoms with Gasteiger partial charge in [0.15, 0.2) is 0 Å². The molecule has 118 valence electrons. The van der Waals surface area contributed by atoms with Crippen LogP contribution < -0.4 is 0 Å². The molecule has 0 bridgehead atoms. The highest BCUT2D eigenvalue weighted by Gasteiger charge is 2.34. The Labute approximate surface area is 124 Å². The van der Waals surface area contributed by atoms with Crippen molar-refractivity contribution in [3.63, 3.8) is 0 Å². The third-order valence-corrected chi connectivity index (χ3v) is 5.43. The van der Waals surface area contributed by atoms with E-state index in [1.165, 1.54) is 32.1 Å². The van der Waals surface area contributed by atoms with Crippen molar-refractivity contribution >= 4 is 5.97 Å². The number of nitrogens with zero attached hydrogens (tertiary/aromatic N) is 1. The lowest BCUT2D eigenvalue weighted by Gasteiger charge is -2.43. The molecule has 0 aromatic heterocycles. The van der Waals surface area contributed by atoms with Crippen molar-refractivity contribution in [3.8, 4) is 0 Å². The van der Waals surface area contributed by atoms with Gasteiger partial charge in [-0.2, -0.15) is 0 Å². The number of rotatable bonds is 7. The van der Waals surface area contributed by atoms with E-state index >= 15 is 0 Å². The van der Waals surface area contributed by atoms with Gasteiger partial charge in [0.05, 0.1) is 6.42 Å². The average molecular weight is 283 g/mol. The van der Waals surface area contributed by atoms with E-state index < -0.39 is 5.97 Å². The SMILES string of the molecule is CCC(C)(C)C1CCC(N(CCC(=O)O)C(C)C)CC1. The summed E-state index contributed by atoms with van der Waals surface area (Å²) in [5.41, 5.74) is 0.453. The van der Waals surface area contributed by atoms with Gasteiger partial charge in [0.1, 0.15) is 0 Å². The Balaban J connectivity index is 2.54. The van der Waals surface area contributed by atoms with Gasteiger partial charge < -0.3 is 5.11 Å². The highest BCUT2D eigenvalue weighted by atomic mass is 16.4. The minimum absolute atomic E-state index is 0.262. The van der Waals surface area contributed by atoms with Gasteiger partial charge in [-0.15, -0.1) is 0 Å². The van der Waals surface area contributed by atoms with E-state index in [0.29, 0.717) is 24.0 Å². The largest absolute Gasteiger partial charge is 0.481 e. The van der Waals surface area contributed by atoms with Crippen LogP contribution in [0.25, 0.3) is 0 Å². The van der Waals surface area contributed by atoms with E-state index in [1.54, 1.807) is 0 Å². The van der Waals surface area contributed by atoms with Crippen LogP contribution in [0, 0.1) is 11.3 Å². The van der Waals surface area contributed by atoms with Crippen molar-refractivity contribution < 1.29 is 9.90 Å². The molecule has 1 aliphatic rings. The van der Waals surface area contributed by atoms with Gasteiger partial charge in [0.2, 0.25) is 0 Å². The second kappa shape index (κ2) is 7.44. The van der Waals surface area contributed by atoms with E-state index in [2.05, 4.69) is 39.5 Å². The normalized spacial score (nSPS) is 24.4. The molecule has 1 saturated carbocycles. The summed E-state index contributed by atoms with van der Waals surface area (Å²) in [4.78, 5) is 13.2. The quantitative estimate of drug-likeness (QED) is 0.762. The standard InChI is InChI=1S/C17H33NO2/c1-6-17(4,5)14-7-9-15(10-8-14)18(13(2)3)12-11-16(19)20/h13-15H,6-12H2,1-5H3,(H,19,20). The Bertz CT molecular complexity index is 304. The molecular weight excluding hydrogens is 250 g/mol. The first-order valence-corrected chi connectivity index (χ1v) is 8.25. The lowest BCUT2D eigenvalue weighted by atomic mass is 9.68. The number of carboxylic acid groups (broad SMARTS) is 1. The van der Waals surface area contributed by atoms with Gasteiger partial charge in [-0.05, 0) is 50.9 Å². The molecule has 1 aliphatic carbocycles. The Hall–Kier alpha value is -0.570. The fourth-order valence-electron chi connectivity index (χ4n) is 3.56. The highest BCUT2D eigenvalue weighted by molar-refractivity contribution is 5.66. The van der Waals surface area contributed by atoms with Crippen LogP contribution in [0.3, 0.4) is 0 Å². The molecule has 0 radical (unpaired) electrons. The van der Waals surface area contributed by atoms with Crippen molar-refractivity contribution in [1.29, 1.82) is 0 Å². The zero-order valence-corrected chi connectivity index (χ0v) is 14.0. The van der Waals surface area contributed by atoms with Gasteiger partial charge >= 0.3 is 5.97 Å². The Morgan fingerprint density at radius 1 is 1.25 bits per heavy atom. The fraction of sp³-hybridized carbons (Fsp3) is 0.941. The summed E-state index contributed by atoms with van der Waals surface area (Å²) in [7, 11) is 0. The van der Waals surface area contributed by atoms with Gasteiger partial charge in [0, 0.05) is 18.6 Å². The molecule has 0 aromatic rings. The summed E-state index contributed by atoms with van der Waals surface area (Å²) < 4.78 is 0. The molecule has 0 aliphatic heterocycles. The van der Waals surface area contributed by atoms with Crippen molar-refractivity contribution in [2.45, 2.75) is 85.2 Å². The number of carboxylic acids is 1. The maximum atomic E-state index is 10.8. The summed E-state index contributed by atoms with van der Waals surface area (Å²) in [6, 6.07) is 1.02. The van der Waals surface area contributed by atoms with E-state index in [0.717, 1.165) is 5.92 Å². The molecule has 1 fully saturated rings. The zero-order chi connectivity index (χ0) is 15.3. The van der Waals surface area contributed by atoms with E-state index in [4.69, 9.17) is 5.11 Å². The average Bonchev–Trinajstić information content (AvgIpc) is 2.38. The van der Waals surface area contributed by atoms with Gasteiger partial charge in [-0.25, -0.2) is 0 Å². The Morgan fingerprint density at radius 3 is 2.20 bits per heavy atom. The summed E-state index contributed by atoms with van der Waals surface area (Å²) in [5, 5.41) is 8.90. The van der Waals surface area contributed by atoms with Crippen molar-refractivity contribution in [3.05, 3.63) is 0 Å². The fourth-order valence-corrected chi connectivity index (χ4v) is 3.56. The summed E-state index contributed by atoms with van der Waals surface area (Å²) in [5.74, 6) is 0.147. The lowest BCUT2D eigenvalue weighted by Crippen LogP contribution is -2.44. The highest BCUT2D eigenvalue weighted by Crippen LogP contribution is 2.41. The number of hydrogen-bond acceptors (Lipinski definition) is 2. The molecular formula is C17H33NO2. The van der Waals surface area contributed by atoms with Crippen LogP contribution in [-0.4, -0.2) is 34.6 Å². The van der Waals surface area contributed by atoms with E-state index in [-0.39, 0.29) is 6.42 Å². The first-order valence-electron chi connectivity index (χ1n) is 8.25. The predicted molar refractivity (Wildman–Crippen MR) is 83.9 cm³/mol. The molecule has 0 atom stereocenters. The Morgan fingerprint density at radius 2 is 1.80 bits per heavy atom. The smallest absolute Gasteiger partial charge is 0.304 e. The van der Waals surface area contributed by atoms with Gasteiger partial charge in [-0.1, -0.05) is 27.2 Å². The van der Waals surface area contributed by atoms with Crippen LogP contribution in [0.15, 0.2) is 0 Å². The number of hydrogen-bond donors (Lipinski definition) is 1. The molecule has 0 saturated heterocycles. The third kappa shape index (κ3) is 4.76. The lowest BCUT2D eigenvalue weighted by molar-refractivity contribution is -0.137. The molecule has 0 spiro atoms. The predicted octanol–water partition coefficient (Wildman–Crippen LogP) is 4.17. The van der Waals surface area contributed by atoms with Crippen LogP contribution in [0.1, 0.15) is 73.1 Å². The second-order valence-electron chi connectivity index (χ2n) is 7.32. The first-order chi connectivity index (χ1) is 9.27. The minimum Gasteiger partial charge on any atom is -0.481 e. The first kappa shape index (κ1) is 17.5. The second-order valence-corrected chi connectivity index (χ2v) is 7.32. The van der Waals surface area contributed by atoms with E-state index in [1.807, 2.05) is 0 Å². The maximum Gasteiger partial charge on any atom is 0.304 e. The molecule has 0 heterocycles. The van der Waals surface area contributed by atoms with Crippen molar-refractivity contribution in [1.82, 2.24) is 4.90 Å². The Kier molecular flexibility index (Phi) is 6.50. The van der Waals surface area contributed by atoms with Crippen LogP contribution in [-0.2, 0) is 4.79 Å². The molecule has 1 N–H and O–H groups in total.